The molecule has 0 spiro atoms. The van der Waals surface area contributed by atoms with Gasteiger partial charge in [-0.1, -0.05) is 295 Å². The standard InChI is InChI=1S/C59H115NO4/c1-3-5-7-9-11-13-15-16-17-18-19-20-21-22-23-24-25-26-27-28-29-30-31-32-33-34-35-36-37-38-39-40-41-42-44-46-48-50-52-54-58(63)60-56(55-61)59(64)57(62)53-51-49-47-45-43-14-12-10-8-6-4-2/h25-26,28-29,56-57,59,61-62,64H,3-24,27,30-55H2,1-2H3,(H,60,63)/b26-25-,29-28-. The zero-order valence-corrected chi connectivity index (χ0v) is 43.4. The lowest BCUT2D eigenvalue weighted by atomic mass is 9.99. The Kier molecular flexibility index (Phi) is 53.4. The number of aliphatic hydroxyl groups is 3. The lowest BCUT2D eigenvalue weighted by Crippen LogP contribution is -2.50. The number of rotatable bonds is 54. The van der Waals surface area contributed by atoms with Gasteiger partial charge in [0.25, 0.3) is 0 Å². The first-order chi connectivity index (χ1) is 31.6. The SMILES string of the molecule is CCCCCCCCCCCCCCCCC/C=C\C/C=C\CCCCCCCCCCCCCCCCCCCC(=O)NC(CO)C(O)C(O)CCCCCCCCCCCCC. The summed E-state index contributed by atoms with van der Waals surface area (Å²) in [4.78, 5) is 12.5. The summed E-state index contributed by atoms with van der Waals surface area (Å²) in [7, 11) is 0. The van der Waals surface area contributed by atoms with Gasteiger partial charge < -0.3 is 20.6 Å². The van der Waals surface area contributed by atoms with Gasteiger partial charge in [0.15, 0.2) is 0 Å². The van der Waals surface area contributed by atoms with Crippen molar-refractivity contribution in [1.29, 1.82) is 0 Å². The molecular weight excluding hydrogens is 787 g/mol. The minimum absolute atomic E-state index is 0.141. The fourth-order valence-electron chi connectivity index (χ4n) is 9.31. The van der Waals surface area contributed by atoms with Gasteiger partial charge in [-0.3, -0.25) is 4.79 Å². The molecule has 380 valence electrons. The van der Waals surface area contributed by atoms with Crippen molar-refractivity contribution in [3.8, 4) is 0 Å². The lowest BCUT2D eigenvalue weighted by Gasteiger charge is -2.26. The van der Waals surface area contributed by atoms with Crippen molar-refractivity contribution in [3.63, 3.8) is 0 Å². The van der Waals surface area contributed by atoms with Gasteiger partial charge in [-0.25, -0.2) is 0 Å². The highest BCUT2D eigenvalue weighted by atomic mass is 16.3. The second-order valence-corrected chi connectivity index (χ2v) is 20.2. The van der Waals surface area contributed by atoms with Crippen LogP contribution >= 0.6 is 0 Å². The maximum absolute atomic E-state index is 12.5. The molecule has 0 aromatic carbocycles. The molecule has 64 heavy (non-hydrogen) atoms. The second-order valence-electron chi connectivity index (χ2n) is 20.2. The van der Waals surface area contributed by atoms with Crippen molar-refractivity contribution in [2.75, 3.05) is 6.61 Å². The van der Waals surface area contributed by atoms with Crippen LogP contribution in [0.15, 0.2) is 24.3 Å². The molecule has 0 rings (SSSR count). The van der Waals surface area contributed by atoms with E-state index in [2.05, 4.69) is 43.5 Å². The maximum Gasteiger partial charge on any atom is 0.220 e. The first kappa shape index (κ1) is 62.8. The molecule has 4 N–H and O–H groups in total. The summed E-state index contributed by atoms with van der Waals surface area (Å²) >= 11 is 0. The molecule has 5 nitrogen and oxygen atoms in total. The van der Waals surface area contributed by atoms with Gasteiger partial charge >= 0.3 is 0 Å². The van der Waals surface area contributed by atoms with Crippen LogP contribution in [0.4, 0.5) is 0 Å². The Labute approximate surface area is 401 Å². The number of carbonyl (C=O) groups excluding carboxylic acids is 1. The second kappa shape index (κ2) is 54.4. The summed E-state index contributed by atoms with van der Waals surface area (Å²) in [6.07, 6.45) is 69.4. The van der Waals surface area contributed by atoms with E-state index >= 15 is 0 Å². The molecule has 5 heteroatoms. The normalized spacial score (nSPS) is 13.4. The molecule has 3 atom stereocenters. The number of amides is 1. The molecule has 0 fully saturated rings. The third kappa shape index (κ3) is 48.8. The largest absolute Gasteiger partial charge is 0.394 e. The topological polar surface area (TPSA) is 89.8 Å². The Morgan fingerprint density at radius 1 is 0.391 bits per heavy atom. The van der Waals surface area contributed by atoms with E-state index in [0.717, 1.165) is 44.9 Å². The summed E-state index contributed by atoms with van der Waals surface area (Å²) in [6, 6.07) is -0.806. The molecule has 0 heterocycles. The van der Waals surface area contributed by atoms with Gasteiger partial charge in [-0.15, -0.1) is 0 Å². The zero-order chi connectivity index (χ0) is 46.5. The van der Waals surface area contributed by atoms with Crippen molar-refractivity contribution < 1.29 is 20.1 Å². The molecule has 3 unspecified atom stereocenters. The Morgan fingerprint density at radius 3 is 0.984 bits per heavy atom. The number of hydrogen-bond donors (Lipinski definition) is 4. The number of unbranched alkanes of at least 4 members (excludes halogenated alkanes) is 42. The highest BCUT2D eigenvalue weighted by Crippen LogP contribution is 2.18. The number of nitrogens with one attached hydrogen (secondary N) is 1. The van der Waals surface area contributed by atoms with Crippen LogP contribution in [0.2, 0.25) is 0 Å². The van der Waals surface area contributed by atoms with Crippen molar-refractivity contribution in [2.45, 2.75) is 340 Å². The van der Waals surface area contributed by atoms with Crippen LogP contribution in [0.25, 0.3) is 0 Å². The highest BCUT2D eigenvalue weighted by Gasteiger charge is 2.26. The average Bonchev–Trinajstić information content (AvgIpc) is 3.30. The Morgan fingerprint density at radius 2 is 0.672 bits per heavy atom. The fraction of sp³-hybridized carbons (Fsp3) is 0.915. The molecule has 0 aliphatic rings. The Hall–Kier alpha value is -1.17. The summed E-state index contributed by atoms with van der Waals surface area (Å²) in [5.74, 6) is -0.141. The third-order valence-corrected chi connectivity index (χ3v) is 13.8. The number of carbonyl (C=O) groups is 1. The number of aliphatic hydroxyl groups excluding tert-OH is 3. The molecule has 0 aromatic heterocycles. The first-order valence-electron chi connectivity index (χ1n) is 29.1. The molecule has 0 aliphatic heterocycles. The smallest absolute Gasteiger partial charge is 0.220 e. The monoisotopic (exact) mass is 902 g/mol. The van der Waals surface area contributed by atoms with Crippen LogP contribution < -0.4 is 5.32 Å². The van der Waals surface area contributed by atoms with Gasteiger partial charge in [0.1, 0.15) is 6.10 Å². The highest BCUT2D eigenvalue weighted by molar-refractivity contribution is 5.76. The van der Waals surface area contributed by atoms with Gasteiger partial charge in [0.05, 0.1) is 18.8 Å². The Balaban J connectivity index is 3.43. The van der Waals surface area contributed by atoms with E-state index in [4.69, 9.17) is 0 Å². The van der Waals surface area contributed by atoms with Crippen molar-refractivity contribution in [3.05, 3.63) is 24.3 Å². The van der Waals surface area contributed by atoms with E-state index in [0.29, 0.717) is 12.8 Å². The first-order valence-corrected chi connectivity index (χ1v) is 29.1. The molecule has 0 aliphatic carbocycles. The van der Waals surface area contributed by atoms with Gasteiger partial charge in [-0.2, -0.15) is 0 Å². The fourth-order valence-corrected chi connectivity index (χ4v) is 9.31. The molecule has 0 radical (unpaired) electrons. The summed E-state index contributed by atoms with van der Waals surface area (Å²) in [6.45, 7) is 4.19. The van der Waals surface area contributed by atoms with Gasteiger partial charge in [0.2, 0.25) is 5.91 Å². The molecule has 0 bridgehead atoms. The number of allylic oxidation sites excluding steroid dienone is 4. The predicted octanol–water partition coefficient (Wildman–Crippen LogP) is 18.1. The van der Waals surface area contributed by atoms with E-state index < -0.39 is 18.2 Å². The molecule has 0 saturated carbocycles. The van der Waals surface area contributed by atoms with Crippen LogP contribution in [0.1, 0.15) is 322 Å². The predicted molar refractivity (Wildman–Crippen MR) is 282 cm³/mol. The molecule has 1 amide bonds. The summed E-state index contributed by atoms with van der Waals surface area (Å²) < 4.78 is 0. The van der Waals surface area contributed by atoms with Crippen LogP contribution in [0.3, 0.4) is 0 Å². The minimum Gasteiger partial charge on any atom is -0.394 e. The maximum atomic E-state index is 12.5. The molecular formula is C59H115NO4. The summed E-state index contributed by atoms with van der Waals surface area (Å²) in [5, 5.41) is 33.6. The van der Waals surface area contributed by atoms with E-state index in [1.165, 1.54) is 250 Å². The van der Waals surface area contributed by atoms with E-state index in [-0.39, 0.29) is 12.5 Å². The lowest BCUT2D eigenvalue weighted by molar-refractivity contribution is -0.124. The zero-order valence-electron chi connectivity index (χ0n) is 43.4. The van der Waals surface area contributed by atoms with E-state index in [1.54, 1.807) is 0 Å². The van der Waals surface area contributed by atoms with Gasteiger partial charge in [-0.05, 0) is 44.9 Å². The van der Waals surface area contributed by atoms with Crippen molar-refractivity contribution >= 4 is 5.91 Å². The molecule has 0 aromatic rings. The van der Waals surface area contributed by atoms with E-state index in [1.807, 2.05) is 0 Å². The van der Waals surface area contributed by atoms with E-state index in [9.17, 15) is 20.1 Å². The third-order valence-electron chi connectivity index (χ3n) is 13.8. The average molecular weight is 903 g/mol. The van der Waals surface area contributed by atoms with Crippen LogP contribution in [-0.2, 0) is 4.79 Å². The summed E-state index contributed by atoms with van der Waals surface area (Å²) in [5.41, 5.74) is 0. The van der Waals surface area contributed by atoms with Crippen LogP contribution in [-0.4, -0.2) is 46.1 Å². The van der Waals surface area contributed by atoms with Crippen LogP contribution in [0.5, 0.6) is 0 Å². The molecule has 0 saturated heterocycles. The van der Waals surface area contributed by atoms with Crippen molar-refractivity contribution in [2.24, 2.45) is 0 Å². The number of hydrogen-bond acceptors (Lipinski definition) is 4. The van der Waals surface area contributed by atoms with Crippen LogP contribution in [0, 0.1) is 0 Å². The quantitative estimate of drug-likeness (QED) is 0.0362. The Bertz CT molecular complexity index is 951. The minimum atomic E-state index is -1.13. The van der Waals surface area contributed by atoms with Crippen molar-refractivity contribution in [1.82, 2.24) is 5.32 Å². The van der Waals surface area contributed by atoms with Gasteiger partial charge in [0, 0.05) is 6.42 Å².